The molecule has 3 aromatic carbocycles. The molecule has 0 aliphatic heterocycles. The molecule has 0 radical (unpaired) electrons. The van der Waals surface area contributed by atoms with Gasteiger partial charge >= 0.3 is 0 Å². The highest BCUT2D eigenvalue weighted by Gasteiger charge is 2.12. The Hall–Kier alpha value is -4.12. The van der Waals surface area contributed by atoms with Gasteiger partial charge < -0.3 is 14.9 Å². The summed E-state index contributed by atoms with van der Waals surface area (Å²) in [6.07, 6.45) is 1.65. The summed E-state index contributed by atoms with van der Waals surface area (Å²) in [6.45, 7) is 0. The fourth-order valence-corrected chi connectivity index (χ4v) is 3.48. The monoisotopic (exact) mass is 379 g/mol. The fourth-order valence-electron chi connectivity index (χ4n) is 3.48. The van der Waals surface area contributed by atoms with E-state index in [0.29, 0.717) is 11.4 Å². The highest BCUT2D eigenvalue weighted by atomic mass is 16.4. The first-order valence-electron chi connectivity index (χ1n) is 9.24. The molecule has 0 aliphatic carbocycles. The maximum absolute atomic E-state index is 9.51. The normalized spacial score (nSPS) is 11.8. The van der Waals surface area contributed by atoms with Crippen LogP contribution in [0.2, 0.25) is 0 Å². The predicted molar refractivity (Wildman–Crippen MR) is 115 cm³/mol. The van der Waals surface area contributed by atoms with Crippen LogP contribution in [0.15, 0.2) is 101 Å². The second-order valence-electron chi connectivity index (χ2n) is 6.66. The third kappa shape index (κ3) is 3.08. The molecule has 0 atom stereocenters. The van der Waals surface area contributed by atoms with Crippen molar-refractivity contribution in [2.24, 2.45) is 5.16 Å². The number of aromatic nitrogens is 1. The van der Waals surface area contributed by atoms with Gasteiger partial charge in [0.1, 0.15) is 5.71 Å². The molecule has 0 unspecified atom stereocenters. The van der Waals surface area contributed by atoms with Crippen molar-refractivity contribution in [3.63, 3.8) is 0 Å². The molecule has 140 valence electrons. The molecule has 0 amide bonds. The maximum Gasteiger partial charge on any atom is 0.228 e. The minimum absolute atomic E-state index is 0.531. The Kier molecular flexibility index (Phi) is 4.18. The Bertz CT molecular complexity index is 1320. The zero-order valence-corrected chi connectivity index (χ0v) is 15.4. The van der Waals surface area contributed by atoms with E-state index in [1.165, 1.54) is 0 Å². The Balaban J connectivity index is 1.53. The van der Waals surface area contributed by atoms with E-state index in [0.717, 1.165) is 38.8 Å². The number of hydrogen-bond acceptors (Lipinski definition) is 5. The Labute approximate surface area is 166 Å². The maximum atomic E-state index is 9.51. The quantitative estimate of drug-likeness (QED) is 0.230. The van der Waals surface area contributed by atoms with Gasteiger partial charge in [0.05, 0.1) is 22.9 Å². The van der Waals surface area contributed by atoms with Crippen molar-refractivity contribution in [2.45, 2.75) is 0 Å². The van der Waals surface area contributed by atoms with E-state index in [1.54, 1.807) is 6.26 Å². The van der Waals surface area contributed by atoms with Gasteiger partial charge in [-0.2, -0.15) is 0 Å². The SMILES string of the molecule is O/N=C(\c1ccccc1)c1ccc(Nc2c3ccccc3nc3occc23)cc1. The van der Waals surface area contributed by atoms with Gasteiger partial charge in [0.2, 0.25) is 5.71 Å². The smallest absolute Gasteiger partial charge is 0.228 e. The van der Waals surface area contributed by atoms with Gasteiger partial charge in [-0.15, -0.1) is 0 Å². The van der Waals surface area contributed by atoms with Crippen molar-refractivity contribution < 1.29 is 9.62 Å². The highest BCUT2D eigenvalue weighted by molar-refractivity contribution is 6.13. The minimum Gasteiger partial charge on any atom is -0.446 e. The van der Waals surface area contributed by atoms with Crippen LogP contribution in [0, 0.1) is 0 Å². The molecule has 5 nitrogen and oxygen atoms in total. The molecule has 0 bridgehead atoms. The average Bonchev–Trinajstić information content (AvgIpc) is 3.24. The van der Waals surface area contributed by atoms with E-state index in [2.05, 4.69) is 15.5 Å². The number of furan rings is 1. The lowest BCUT2D eigenvalue weighted by Crippen LogP contribution is -2.03. The minimum atomic E-state index is 0.531. The molecule has 2 heterocycles. The Morgan fingerprint density at radius 1 is 0.793 bits per heavy atom. The second kappa shape index (κ2) is 7.13. The number of para-hydroxylation sites is 1. The Morgan fingerprint density at radius 3 is 2.31 bits per heavy atom. The zero-order valence-electron chi connectivity index (χ0n) is 15.4. The van der Waals surface area contributed by atoms with E-state index in [-0.39, 0.29) is 0 Å². The molecule has 29 heavy (non-hydrogen) atoms. The van der Waals surface area contributed by atoms with Crippen molar-refractivity contribution in [1.82, 2.24) is 4.98 Å². The fraction of sp³-hybridized carbons (Fsp3) is 0. The summed E-state index contributed by atoms with van der Waals surface area (Å²) in [6, 6.07) is 27.3. The van der Waals surface area contributed by atoms with Gasteiger partial charge in [-0.05, 0) is 24.3 Å². The molecule has 0 spiro atoms. The summed E-state index contributed by atoms with van der Waals surface area (Å²) in [5.74, 6) is 0. The van der Waals surface area contributed by atoms with Crippen molar-refractivity contribution >= 4 is 39.1 Å². The summed E-state index contributed by atoms with van der Waals surface area (Å²) in [5.41, 5.74) is 5.55. The van der Waals surface area contributed by atoms with Gasteiger partial charge in [0, 0.05) is 22.2 Å². The molecular formula is C24H17N3O2. The third-order valence-electron chi connectivity index (χ3n) is 4.88. The van der Waals surface area contributed by atoms with E-state index in [1.807, 2.05) is 84.9 Å². The molecule has 5 rings (SSSR count). The van der Waals surface area contributed by atoms with Gasteiger partial charge in [-0.25, -0.2) is 4.98 Å². The third-order valence-corrected chi connectivity index (χ3v) is 4.88. The van der Waals surface area contributed by atoms with Crippen molar-refractivity contribution in [1.29, 1.82) is 0 Å². The van der Waals surface area contributed by atoms with Crippen LogP contribution in [0.5, 0.6) is 0 Å². The molecule has 0 saturated heterocycles. The van der Waals surface area contributed by atoms with Gasteiger partial charge in [0.25, 0.3) is 0 Å². The predicted octanol–water partition coefficient (Wildman–Crippen LogP) is 5.95. The summed E-state index contributed by atoms with van der Waals surface area (Å²) in [7, 11) is 0. The first-order chi connectivity index (χ1) is 14.3. The number of anilines is 2. The standard InChI is InChI=1S/C24H17N3O2/c28-27-22(16-6-2-1-3-7-16)17-10-12-18(13-11-17)25-23-19-8-4-5-9-21(19)26-24-20(23)14-15-29-24/h1-15,28H,(H,25,26)/b27-22+. The van der Waals surface area contributed by atoms with E-state index >= 15 is 0 Å². The number of nitrogens with one attached hydrogen (secondary N) is 1. The van der Waals surface area contributed by atoms with E-state index < -0.39 is 0 Å². The van der Waals surface area contributed by atoms with Crippen LogP contribution >= 0.6 is 0 Å². The number of fused-ring (bicyclic) bond motifs is 2. The van der Waals surface area contributed by atoms with E-state index in [9.17, 15) is 5.21 Å². The number of nitrogens with zero attached hydrogens (tertiary/aromatic N) is 2. The van der Waals surface area contributed by atoms with Crippen LogP contribution in [0.3, 0.4) is 0 Å². The molecule has 5 aromatic rings. The molecule has 0 saturated carbocycles. The summed E-state index contributed by atoms with van der Waals surface area (Å²) >= 11 is 0. The van der Waals surface area contributed by atoms with Crippen LogP contribution in [-0.2, 0) is 0 Å². The Morgan fingerprint density at radius 2 is 1.52 bits per heavy atom. The summed E-state index contributed by atoms with van der Waals surface area (Å²) < 4.78 is 5.52. The van der Waals surface area contributed by atoms with Crippen LogP contribution in [-0.4, -0.2) is 15.9 Å². The molecule has 0 fully saturated rings. The number of rotatable bonds is 4. The van der Waals surface area contributed by atoms with Crippen molar-refractivity contribution in [3.8, 4) is 0 Å². The highest BCUT2D eigenvalue weighted by Crippen LogP contribution is 2.33. The van der Waals surface area contributed by atoms with Crippen molar-refractivity contribution in [2.75, 3.05) is 5.32 Å². The molecule has 2 aromatic heterocycles. The lowest BCUT2D eigenvalue weighted by Gasteiger charge is -2.12. The van der Waals surface area contributed by atoms with Gasteiger partial charge in [0.15, 0.2) is 0 Å². The number of pyridine rings is 1. The van der Waals surface area contributed by atoms with Crippen LogP contribution in [0.25, 0.3) is 22.0 Å². The largest absolute Gasteiger partial charge is 0.446 e. The lowest BCUT2D eigenvalue weighted by molar-refractivity contribution is 0.319. The topological polar surface area (TPSA) is 70.7 Å². The molecule has 0 aliphatic rings. The lowest BCUT2D eigenvalue weighted by atomic mass is 10.0. The molecule has 5 heteroatoms. The van der Waals surface area contributed by atoms with Crippen LogP contribution < -0.4 is 5.32 Å². The van der Waals surface area contributed by atoms with Crippen LogP contribution in [0.4, 0.5) is 11.4 Å². The molecular weight excluding hydrogens is 362 g/mol. The zero-order chi connectivity index (χ0) is 19.6. The molecule has 2 N–H and O–H groups in total. The number of benzene rings is 3. The average molecular weight is 379 g/mol. The van der Waals surface area contributed by atoms with Crippen molar-refractivity contribution in [3.05, 3.63) is 102 Å². The van der Waals surface area contributed by atoms with Gasteiger partial charge in [-0.1, -0.05) is 65.8 Å². The summed E-state index contributed by atoms with van der Waals surface area (Å²) in [5, 5.41) is 18.4. The summed E-state index contributed by atoms with van der Waals surface area (Å²) in [4.78, 5) is 4.57. The number of oxime groups is 1. The van der Waals surface area contributed by atoms with E-state index in [4.69, 9.17) is 4.42 Å². The first-order valence-corrected chi connectivity index (χ1v) is 9.24. The van der Waals surface area contributed by atoms with Gasteiger partial charge in [-0.3, -0.25) is 0 Å². The second-order valence-corrected chi connectivity index (χ2v) is 6.66. The van der Waals surface area contributed by atoms with Crippen LogP contribution in [0.1, 0.15) is 11.1 Å². The number of hydrogen-bond donors (Lipinski definition) is 2. The first kappa shape index (κ1) is 17.0.